The number of halogens is 1. The summed E-state index contributed by atoms with van der Waals surface area (Å²) in [4.78, 5) is 0. The van der Waals surface area contributed by atoms with Gasteiger partial charge in [0, 0.05) is 5.56 Å². The molecule has 0 radical (unpaired) electrons. The molecule has 0 aromatic heterocycles. The lowest BCUT2D eigenvalue weighted by atomic mass is 10.1. The van der Waals surface area contributed by atoms with Gasteiger partial charge in [-0.2, -0.15) is 5.26 Å². The summed E-state index contributed by atoms with van der Waals surface area (Å²) in [5.41, 5.74) is 1.28. The second-order valence-corrected chi connectivity index (χ2v) is 2.78. The topological polar surface area (TPSA) is 33.0 Å². The van der Waals surface area contributed by atoms with Gasteiger partial charge < -0.3 is 4.74 Å². The predicted octanol–water partition coefficient (Wildman–Crippen LogP) is 3.24. The monoisotopic (exact) mass is 209 g/mol. The molecule has 82 valence electrons. The summed E-state index contributed by atoms with van der Waals surface area (Å²) in [6.07, 6.45) is 0.0733. The lowest BCUT2D eigenvalue weighted by Crippen LogP contribution is -1.95. The van der Waals surface area contributed by atoms with Gasteiger partial charge >= 0.3 is 0 Å². The minimum atomic E-state index is -0.436. The zero-order valence-electron chi connectivity index (χ0n) is 9.60. The molecule has 0 aliphatic rings. The van der Waals surface area contributed by atoms with Crippen molar-refractivity contribution < 1.29 is 9.13 Å². The first-order valence-corrected chi connectivity index (χ1v) is 4.89. The summed E-state index contributed by atoms with van der Waals surface area (Å²) in [5, 5.41) is 8.44. The third-order valence-corrected chi connectivity index (χ3v) is 1.75. The van der Waals surface area contributed by atoms with Crippen LogP contribution in [0, 0.1) is 24.1 Å². The highest BCUT2D eigenvalue weighted by molar-refractivity contribution is 5.37. The number of aryl methyl sites for hydroxylation is 1. The van der Waals surface area contributed by atoms with Gasteiger partial charge in [0.15, 0.2) is 11.6 Å². The van der Waals surface area contributed by atoms with Crippen molar-refractivity contribution in [2.75, 3.05) is 7.11 Å². The molecule has 0 saturated carbocycles. The largest absolute Gasteiger partial charge is 0.494 e. The molecule has 0 heterocycles. The van der Waals surface area contributed by atoms with Gasteiger partial charge in [0.2, 0.25) is 0 Å². The molecule has 1 aromatic rings. The minimum Gasteiger partial charge on any atom is -0.494 e. The molecular weight excluding hydrogens is 193 g/mol. The Morgan fingerprint density at radius 2 is 2.00 bits per heavy atom. The van der Waals surface area contributed by atoms with Crippen LogP contribution in [-0.2, 0) is 6.42 Å². The van der Waals surface area contributed by atoms with E-state index in [0.29, 0.717) is 5.56 Å². The van der Waals surface area contributed by atoms with Gasteiger partial charge in [-0.05, 0) is 18.6 Å². The zero-order valence-corrected chi connectivity index (χ0v) is 9.60. The van der Waals surface area contributed by atoms with Crippen LogP contribution in [0.3, 0.4) is 0 Å². The molecule has 0 aliphatic heterocycles. The first-order chi connectivity index (χ1) is 7.19. The fraction of sp³-hybridized carbons (Fsp3) is 0.417. The fourth-order valence-corrected chi connectivity index (χ4v) is 1.17. The second-order valence-electron chi connectivity index (χ2n) is 2.78. The van der Waals surface area contributed by atoms with Crippen molar-refractivity contribution in [1.29, 1.82) is 5.26 Å². The van der Waals surface area contributed by atoms with Crippen molar-refractivity contribution in [3.63, 3.8) is 0 Å². The van der Waals surface area contributed by atoms with Gasteiger partial charge in [-0.25, -0.2) is 4.39 Å². The lowest BCUT2D eigenvalue weighted by molar-refractivity contribution is 0.384. The van der Waals surface area contributed by atoms with Crippen molar-refractivity contribution in [2.45, 2.75) is 27.2 Å². The highest BCUT2D eigenvalue weighted by atomic mass is 19.1. The Morgan fingerprint density at radius 3 is 2.47 bits per heavy atom. The Hall–Kier alpha value is -1.56. The molecule has 15 heavy (non-hydrogen) atoms. The molecule has 0 unspecified atom stereocenters. The molecule has 0 fully saturated rings. The van der Waals surface area contributed by atoms with Gasteiger partial charge in [-0.15, -0.1) is 0 Å². The maximum Gasteiger partial charge on any atom is 0.169 e. The van der Waals surface area contributed by atoms with E-state index in [1.54, 1.807) is 12.1 Å². The average molecular weight is 209 g/mol. The molecule has 2 nitrogen and oxygen atoms in total. The van der Waals surface area contributed by atoms with Crippen LogP contribution < -0.4 is 4.74 Å². The molecule has 0 aliphatic carbocycles. The lowest BCUT2D eigenvalue weighted by Gasteiger charge is -2.06. The number of nitriles is 1. The molecule has 0 amide bonds. The van der Waals surface area contributed by atoms with Crippen molar-refractivity contribution >= 4 is 0 Å². The molecule has 0 atom stereocenters. The number of hydrogen-bond donors (Lipinski definition) is 0. The number of nitrogens with zero attached hydrogens (tertiary/aromatic N) is 1. The van der Waals surface area contributed by atoms with Crippen LogP contribution in [0.5, 0.6) is 5.75 Å². The van der Waals surface area contributed by atoms with Crippen LogP contribution in [0.1, 0.15) is 25.0 Å². The first kappa shape index (κ1) is 13.4. The summed E-state index contributed by atoms with van der Waals surface area (Å²) >= 11 is 0. The van der Waals surface area contributed by atoms with Crippen molar-refractivity contribution in [3.8, 4) is 11.8 Å². The van der Waals surface area contributed by atoms with E-state index >= 15 is 0 Å². The maximum atomic E-state index is 13.4. The van der Waals surface area contributed by atoms with Gasteiger partial charge in [0.05, 0.1) is 19.6 Å². The van der Waals surface area contributed by atoms with Crippen LogP contribution >= 0.6 is 0 Å². The Labute approximate surface area is 90.3 Å². The second kappa shape index (κ2) is 6.83. The van der Waals surface area contributed by atoms with E-state index in [2.05, 4.69) is 0 Å². The minimum absolute atomic E-state index is 0.0733. The highest BCUT2D eigenvalue weighted by Crippen LogP contribution is 2.22. The van der Waals surface area contributed by atoms with Gasteiger partial charge in [0.1, 0.15) is 0 Å². The summed E-state index contributed by atoms with van der Waals surface area (Å²) in [6, 6.07) is 5.17. The van der Waals surface area contributed by atoms with E-state index in [1.165, 1.54) is 7.11 Å². The Kier molecular flexibility index (Phi) is 6.12. The number of benzene rings is 1. The van der Waals surface area contributed by atoms with Gasteiger partial charge in [0.25, 0.3) is 0 Å². The summed E-state index contributed by atoms with van der Waals surface area (Å²) in [6.45, 7) is 5.84. The van der Waals surface area contributed by atoms with Crippen LogP contribution in [0.4, 0.5) is 4.39 Å². The van der Waals surface area contributed by atoms with E-state index in [4.69, 9.17) is 10.00 Å². The third-order valence-electron chi connectivity index (χ3n) is 1.75. The highest BCUT2D eigenvalue weighted by Gasteiger charge is 2.09. The van der Waals surface area contributed by atoms with Crippen molar-refractivity contribution in [3.05, 3.63) is 29.1 Å². The van der Waals surface area contributed by atoms with Gasteiger partial charge in [-0.3, -0.25) is 0 Å². The molecule has 0 spiro atoms. The molecule has 0 N–H and O–H groups in total. The fourth-order valence-electron chi connectivity index (χ4n) is 1.17. The van der Waals surface area contributed by atoms with Gasteiger partial charge in [-0.1, -0.05) is 19.9 Å². The standard InChI is InChI=1S/C10H10FNO.C2H6/c1-7-5-8(3-4-12)10(11)9(6-7)13-2;1-2/h5-6H,3H2,1-2H3;1-2H3. The Bertz CT molecular complexity index is 355. The SMILES string of the molecule is CC.COc1cc(C)cc(CC#N)c1F. The van der Waals surface area contributed by atoms with Crippen molar-refractivity contribution in [2.24, 2.45) is 0 Å². The summed E-state index contributed by atoms with van der Waals surface area (Å²) in [5.74, 6) is -0.236. The van der Waals surface area contributed by atoms with E-state index in [-0.39, 0.29) is 12.2 Å². The number of rotatable bonds is 2. The molecule has 1 rings (SSSR count). The van der Waals surface area contributed by atoms with E-state index in [9.17, 15) is 4.39 Å². The molecule has 1 aromatic carbocycles. The predicted molar refractivity (Wildman–Crippen MR) is 58.4 cm³/mol. The van der Waals surface area contributed by atoms with E-state index < -0.39 is 5.82 Å². The van der Waals surface area contributed by atoms with Crippen molar-refractivity contribution in [1.82, 2.24) is 0 Å². The van der Waals surface area contributed by atoms with Crippen LogP contribution in [-0.4, -0.2) is 7.11 Å². The zero-order chi connectivity index (χ0) is 11.8. The molecule has 3 heteroatoms. The third kappa shape index (κ3) is 3.59. The molecule has 0 bridgehead atoms. The summed E-state index contributed by atoms with van der Waals surface area (Å²) < 4.78 is 18.2. The van der Waals surface area contributed by atoms with Crippen LogP contribution in [0.15, 0.2) is 12.1 Å². The smallest absolute Gasteiger partial charge is 0.169 e. The van der Waals surface area contributed by atoms with Crippen LogP contribution in [0.25, 0.3) is 0 Å². The quantitative estimate of drug-likeness (QED) is 0.749. The Morgan fingerprint density at radius 1 is 1.40 bits per heavy atom. The number of hydrogen-bond acceptors (Lipinski definition) is 2. The molecule has 0 saturated heterocycles. The first-order valence-electron chi connectivity index (χ1n) is 4.89. The Balaban J connectivity index is 0.000000921. The maximum absolute atomic E-state index is 13.4. The van der Waals surface area contributed by atoms with E-state index in [1.807, 2.05) is 26.8 Å². The normalized spacial score (nSPS) is 8.53. The number of methoxy groups -OCH3 is 1. The van der Waals surface area contributed by atoms with Crippen LogP contribution in [0.2, 0.25) is 0 Å². The molecular formula is C12H16FNO. The van der Waals surface area contributed by atoms with E-state index in [0.717, 1.165) is 5.56 Å². The summed E-state index contributed by atoms with van der Waals surface area (Å²) in [7, 11) is 1.41. The number of ether oxygens (including phenoxy) is 1. The average Bonchev–Trinajstić information content (AvgIpc) is 2.26.